The quantitative estimate of drug-likeness (QED) is 0.633. The average Bonchev–Trinajstić information content (AvgIpc) is 3.17. The molecular weight excluding hydrogens is 301 g/mol. The van der Waals surface area contributed by atoms with Crippen LogP contribution in [-0.2, 0) is 12.3 Å². The van der Waals surface area contributed by atoms with Crippen molar-refractivity contribution < 1.29 is 8.81 Å². The lowest BCUT2D eigenvalue weighted by atomic mass is 10.2. The van der Waals surface area contributed by atoms with E-state index >= 15 is 0 Å². The second kappa shape index (κ2) is 6.79. The summed E-state index contributed by atoms with van der Waals surface area (Å²) in [6.07, 6.45) is 2.61. The molecule has 0 bridgehead atoms. The van der Waals surface area contributed by atoms with Crippen molar-refractivity contribution in [2.45, 2.75) is 30.8 Å². The maximum Gasteiger partial charge on any atom is 0.200 e. The molecule has 0 radical (unpaired) electrons. The largest absolute Gasteiger partial charge is 0.461 e. The van der Waals surface area contributed by atoms with Crippen LogP contribution in [0, 0.1) is 5.82 Å². The van der Waals surface area contributed by atoms with E-state index in [9.17, 15) is 4.39 Å². The summed E-state index contributed by atoms with van der Waals surface area (Å²) in [5.74, 6) is 1.96. The SMILES string of the molecule is CCCn1c(SCc2ccc(F)cc2)nnc1-c1ccco1. The number of hydrogen-bond acceptors (Lipinski definition) is 4. The first kappa shape index (κ1) is 14.8. The summed E-state index contributed by atoms with van der Waals surface area (Å²) < 4.78 is 20.4. The van der Waals surface area contributed by atoms with E-state index in [4.69, 9.17) is 4.42 Å². The van der Waals surface area contributed by atoms with E-state index in [0.29, 0.717) is 0 Å². The van der Waals surface area contributed by atoms with Crippen LogP contribution in [0.4, 0.5) is 4.39 Å². The Labute approximate surface area is 132 Å². The van der Waals surface area contributed by atoms with Crippen LogP contribution in [0.1, 0.15) is 18.9 Å². The monoisotopic (exact) mass is 317 g/mol. The number of halogens is 1. The maximum atomic E-state index is 12.9. The number of benzene rings is 1. The molecule has 0 N–H and O–H groups in total. The van der Waals surface area contributed by atoms with Gasteiger partial charge in [0, 0.05) is 12.3 Å². The summed E-state index contributed by atoms with van der Waals surface area (Å²) in [5.41, 5.74) is 1.05. The minimum absolute atomic E-state index is 0.219. The molecular formula is C16H16FN3OS. The standard InChI is InChI=1S/C16H16FN3OS/c1-2-9-20-15(14-4-3-10-21-14)18-19-16(20)22-11-12-5-7-13(17)8-6-12/h3-8,10H,2,9,11H2,1H3. The first-order valence-electron chi connectivity index (χ1n) is 7.12. The average molecular weight is 317 g/mol. The highest BCUT2D eigenvalue weighted by molar-refractivity contribution is 7.98. The third-order valence-electron chi connectivity index (χ3n) is 3.19. The van der Waals surface area contributed by atoms with E-state index < -0.39 is 0 Å². The molecule has 1 aromatic carbocycles. The van der Waals surface area contributed by atoms with Gasteiger partial charge in [0.2, 0.25) is 0 Å². The highest BCUT2D eigenvalue weighted by Crippen LogP contribution is 2.27. The topological polar surface area (TPSA) is 43.9 Å². The molecule has 0 saturated heterocycles. The van der Waals surface area contributed by atoms with Crippen LogP contribution in [0.2, 0.25) is 0 Å². The highest BCUT2D eigenvalue weighted by Gasteiger charge is 2.15. The molecule has 0 aliphatic rings. The maximum absolute atomic E-state index is 12.9. The van der Waals surface area contributed by atoms with Crippen LogP contribution in [0.5, 0.6) is 0 Å². The Morgan fingerprint density at radius 3 is 2.68 bits per heavy atom. The zero-order chi connectivity index (χ0) is 15.4. The van der Waals surface area contributed by atoms with Gasteiger partial charge in [-0.25, -0.2) is 4.39 Å². The first-order valence-corrected chi connectivity index (χ1v) is 8.11. The molecule has 6 heteroatoms. The van der Waals surface area contributed by atoms with Crippen molar-refractivity contribution in [2.75, 3.05) is 0 Å². The molecule has 114 valence electrons. The summed E-state index contributed by atoms with van der Waals surface area (Å²) >= 11 is 1.59. The Morgan fingerprint density at radius 2 is 2.00 bits per heavy atom. The lowest BCUT2D eigenvalue weighted by Gasteiger charge is -2.07. The van der Waals surface area contributed by atoms with Gasteiger partial charge >= 0.3 is 0 Å². The molecule has 0 aliphatic carbocycles. The summed E-state index contributed by atoms with van der Waals surface area (Å²) in [6.45, 7) is 2.94. The van der Waals surface area contributed by atoms with Gasteiger partial charge in [-0.2, -0.15) is 0 Å². The summed E-state index contributed by atoms with van der Waals surface area (Å²) in [5, 5.41) is 9.35. The van der Waals surface area contributed by atoms with Crippen molar-refractivity contribution in [1.82, 2.24) is 14.8 Å². The Bertz CT molecular complexity index is 722. The number of furan rings is 1. The Balaban J connectivity index is 1.79. The van der Waals surface area contributed by atoms with Crippen molar-refractivity contribution in [2.24, 2.45) is 0 Å². The van der Waals surface area contributed by atoms with Crippen molar-refractivity contribution in [3.63, 3.8) is 0 Å². The van der Waals surface area contributed by atoms with Crippen molar-refractivity contribution in [3.8, 4) is 11.6 Å². The molecule has 4 nitrogen and oxygen atoms in total. The van der Waals surface area contributed by atoms with Crippen LogP contribution >= 0.6 is 11.8 Å². The Morgan fingerprint density at radius 1 is 1.18 bits per heavy atom. The highest BCUT2D eigenvalue weighted by atomic mass is 32.2. The fourth-order valence-electron chi connectivity index (χ4n) is 2.14. The number of rotatable bonds is 6. The van der Waals surface area contributed by atoms with Crippen LogP contribution in [0.3, 0.4) is 0 Å². The van der Waals surface area contributed by atoms with E-state index in [0.717, 1.165) is 41.0 Å². The zero-order valence-electron chi connectivity index (χ0n) is 12.2. The van der Waals surface area contributed by atoms with Gasteiger partial charge in [-0.05, 0) is 36.2 Å². The van der Waals surface area contributed by atoms with Gasteiger partial charge < -0.3 is 4.42 Å². The van der Waals surface area contributed by atoms with Crippen LogP contribution in [-0.4, -0.2) is 14.8 Å². The zero-order valence-corrected chi connectivity index (χ0v) is 13.0. The van der Waals surface area contributed by atoms with E-state index in [1.54, 1.807) is 30.2 Å². The van der Waals surface area contributed by atoms with Gasteiger partial charge in [0.1, 0.15) is 5.82 Å². The van der Waals surface area contributed by atoms with E-state index in [1.807, 2.05) is 12.1 Å². The molecule has 0 unspecified atom stereocenters. The van der Waals surface area contributed by atoms with E-state index in [-0.39, 0.29) is 5.82 Å². The molecule has 0 saturated carbocycles. The van der Waals surface area contributed by atoms with Gasteiger partial charge in [-0.1, -0.05) is 30.8 Å². The first-order chi connectivity index (χ1) is 10.8. The summed E-state index contributed by atoms with van der Waals surface area (Å²) in [6, 6.07) is 10.2. The van der Waals surface area contributed by atoms with E-state index in [2.05, 4.69) is 21.7 Å². The third-order valence-corrected chi connectivity index (χ3v) is 4.22. The molecule has 3 rings (SSSR count). The molecule has 3 aromatic rings. The van der Waals surface area contributed by atoms with Gasteiger partial charge in [0.25, 0.3) is 0 Å². The second-order valence-corrected chi connectivity index (χ2v) is 5.79. The minimum Gasteiger partial charge on any atom is -0.461 e. The third kappa shape index (κ3) is 3.22. The fraction of sp³-hybridized carbons (Fsp3) is 0.250. The number of thioether (sulfide) groups is 1. The molecule has 2 heterocycles. The molecule has 0 amide bonds. The number of aromatic nitrogens is 3. The molecule has 0 aliphatic heterocycles. The van der Waals surface area contributed by atoms with Gasteiger partial charge in [-0.3, -0.25) is 4.57 Å². The Hall–Kier alpha value is -2.08. The lowest BCUT2D eigenvalue weighted by molar-refractivity contribution is 0.559. The molecule has 2 aromatic heterocycles. The smallest absolute Gasteiger partial charge is 0.200 e. The van der Waals surface area contributed by atoms with Gasteiger partial charge in [-0.15, -0.1) is 10.2 Å². The summed E-state index contributed by atoms with van der Waals surface area (Å²) in [4.78, 5) is 0. The van der Waals surface area contributed by atoms with Crippen molar-refractivity contribution in [1.29, 1.82) is 0 Å². The van der Waals surface area contributed by atoms with Gasteiger partial charge in [0.15, 0.2) is 16.7 Å². The summed E-state index contributed by atoms with van der Waals surface area (Å²) in [7, 11) is 0. The predicted octanol–water partition coefficient (Wildman–Crippen LogP) is 4.38. The normalized spacial score (nSPS) is 11.0. The molecule has 22 heavy (non-hydrogen) atoms. The van der Waals surface area contributed by atoms with Crippen LogP contribution in [0.15, 0.2) is 52.2 Å². The number of nitrogens with zero attached hydrogens (tertiary/aromatic N) is 3. The second-order valence-electron chi connectivity index (χ2n) is 4.85. The Kier molecular flexibility index (Phi) is 4.58. The minimum atomic E-state index is -0.219. The van der Waals surface area contributed by atoms with Crippen LogP contribution in [0.25, 0.3) is 11.6 Å². The van der Waals surface area contributed by atoms with E-state index in [1.165, 1.54) is 12.1 Å². The molecule has 0 atom stereocenters. The van der Waals surface area contributed by atoms with Crippen LogP contribution < -0.4 is 0 Å². The van der Waals surface area contributed by atoms with Crippen molar-refractivity contribution >= 4 is 11.8 Å². The predicted molar refractivity (Wildman–Crippen MR) is 84.0 cm³/mol. The molecule has 0 fully saturated rings. The number of hydrogen-bond donors (Lipinski definition) is 0. The lowest BCUT2D eigenvalue weighted by Crippen LogP contribution is -2.01. The van der Waals surface area contributed by atoms with Crippen molar-refractivity contribution in [3.05, 3.63) is 54.0 Å². The fourth-order valence-corrected chi connectivity index (χ4v) is 3.06. The molecule has 0 spiro atoms. The van der Waals surface area contributed by atoms with Gasteiger partial charge in [0.05, 0.1) is 6.26 Å².